The van der Waals surface area contributed by atoms with Gasteiger partial charge in [-0.05, 0) is 43.9 Å². The van der Waals surface area contributed by atoms with Gasteiger partial charge in [0, 0.05) is 61.6 Å². The predicted octanol–water partition coefficient (Wildman–Crippen LogP) is 3.92. The summed E-state index contributed by atoms with van der Waals surface area (Å²) in [6.45, 7) is 1.05. The number of aromatic nitrogens is 2. The number of anilines is 2. The molecule has 2 atom stereocenters. The maximum atomic E-state index is 13.3. The van der Waals surface area contributed by atoms with Crippen molar-refractivity contribution in [3.8, 4) is 11.3 Å². The molecule has 2 aromatic heterocycles. The Morgan fingerprint density at radius 3 is 2.40 bits per heavy atom. The van der Waals surface area contributed by atoms with Crippen LogP contribution in [0.15, 0.2) is 72.4 Å². The molecule has 7 amide bonds. The van der Waals surface area contributed by atoms with E-state index in [9.17, 15) is 42.0 Å². The molecule has 2 aliphatic heterocycles. The lowest BCUT2D eigenvalue weighted by atomic mass is 10.0. The Labute approximate surface area is 368 Å². The molecule has 4 heterocycles. The lowest BCUT2D eigenvalue weighted by molar-refractivity contribution is -0.136. The number of hydrogen-bond donors (Lipinski definition) is 5. The van der Waals surface area contributed by atoms with E-state index in [2.05, 4.69) is 31.6 Å². The molecule has 0 bridgehead atoms. The first kappa shape index (κ1) is 46.3. The molecular formula is C43H50N8O10S2. The van der Waals surface area contributed by atoms with Gasteiger partial charge in [-0.3, -0.25) is 47.8 Å². The number of benzene rings is 2. The summed E-state index contributed by atoms with van der Waals surface area (Å²) < 4.78 is 30.4. The van der Waals surface area contributed by atoms with E-state index in [1.165, 1.54) is 23.6 Å². The average Bonchev–Trinajstić information content (AvgIpc) is 4.01. The highest BCUT2D eigenvalue weighted by molar-refractivity contribution is 7.89. The molecule has 0 saturated carbocycles. The number of unbranched alkanes of at least 4 members (excludes halogenated alkanes) is 5. The van der Waals surface area contributed by atoms with Crippen molar-refractivity contribution in [3.63, 3.8) is 0 Å². The molecule has 1 unspecified atom stereocenters. The SMILES string of the molecule is CS(=O)(=O)n1ccc(C(=O)N[C@@H](COCCCC(=O)NCCCCCCCCNc2cccc3c2C(=O)N(C2CCC(=O)NC2=O)C3=O)C(=O)Nc2nc(-c3ccccc3)cs2)c1. The largest absolute Gasteiger partial charge is 0.384 e. The van der Waals surface area contributed by atoms with Crippen molar-refractivity contribution in [3.05, 3.63) is 89.1 Å². The summed E-state index contributed by atoms with van der Waals surface area (Å²) in [6, 6.07) is 13.6. The van der Waals surface area contributed by atoms with Gasteiger partial charge >= 0.3 is 0 Å². The van der Waals surface area contributed by atoms with Crippen molar-refractivity contribution in [1.82, 2.24) is 29.8 Å². The van der Waals surface area contributed by atoms with E-state index >= 15 is 0 Å². The van der Waals surface area contributed by atoms with Crippen LogP contribution in [0.2, 0.25) is 0 Å². The van der Waals surface area contributed by atoms with Crippen molar-refractivity contribution in [2.24, 2.45) is 0 Å². The smallest absolute Gasteiger partial charge is 0.264 e. The Balaban J connectivity index is 0.849. The summed E-state index contributed by atoms with van der Waals surface area (Å²) >= 11 is 1.22. The third-order valence-electron chi connectivity index (χ3n) is 10.4. The molecule has 18 nitrogen and oxygen atoms in total. The standard InChI is InChI=1S/C43H50N8O10S2/c1-63(59,60)50-23-20-29(25-50)38(54)46-32(39(55)49-43-47-33(27-62-43)28-13-7-6-8-14-28)26-61-24-12-17-35(52)45-22-10-5-3-2-4-9-21-44-31-16-11-15-30-37(31)42(58)51(41(30)57)34-18-19-36(53)48-40(34)56/h6-8,11,13-16,20,23,25,27,32,34,44H,2-5,9-10,12,17-19,21-22,24,26H2,1H3,(H,45,52)(H,46,54)(H,47,49,55)(H,48,53,56)/t32-,34?/m0/s1. The molecule has 2 aliphatic rings. The van der Waals surface area contributed by atoms with Crippen molar-refractivity contribution >= 4 is 73.5 Å². The average molecular weight is 903 g/mol. The quantitative estimate of drug-likeness (QED) is 0.0526. The van der Waals surface area contributed by atoms with Crippen LogP contribution in [0, 0.1) is 0 Å². The van der Waals surface area contributed by atoms with Crippen molar-refractivity contribution < 1.29 is 46.7 Å². The van der Waals surface area contributed by atoms with Crippen molar-refractivity contribution in [1.29, 1.82) is 0 Å². The predicted molar refractivity (Wildman–Crippen MR) is 234 cm³/mol. The van der Waals surface area contributed by atoms with Gasteiger partial charge in [-0.15, -0.1) is 11.3 Å². The number of thiazole rings is 1. The Bertz CT molecular complexity index is 2430. The molecule has 0 spiro atoms. The Morgan fingerprint density at radius 1 is 0.921 bits per heavy atom. The number of nitrogens with zero attached hydrogens (tertiary/aromatic N) is 3. The number of imide groups is 2. The maximum Gasteiger partial charge on any atom is 0.264 e. The summed E-state index contributed by atoms with van der Waals surface area (Å²) in [5, 5.41) is 15.8. The second kappa shape index (κ2) is 21.7. The molecule has 1 saturated heterocycles. The van der Waals surface area contributed by atoms with Gasteiger partial charge in [-0.1, -0.05) is 62.1 Å². The fraction of sp³-hybridized carbons (Fsp3) is 0.395. The highest BCUT2D eigenvalue weighted by Crippen LogP contribution is 2.32. The minimum Gasteiger partial charge on any atom is -0.384 e. The van der Waals surface area contributed by atoms with Gasteiger partial charge in [0.25, 0.3) is 23.6 Å². The van der Waals surface area contributed by atoms with Gasteiger partial charge < -0.3 is 26.0 Å². The zero-order chi connectivity index (χ0) is 44.9. The van der Waals surface area contributed by atoms with E-state index in [1.54, 1.807) is 23.6 Å². The van der Waals surface area contributed by atoms with E-state index in [-0.39, 0.29) is 55.1 Å². The molecule has 0 aliphatic carbocycles. The van der Waals surface area contributed by atoms with Crippen LogP contribution in [0.5, 0.6) is 0 Å². The number of fused-ring (bicyclic) bond motifs is 1. The Morgan fingerprint density at radius 2 is 1.67 bits per heavy atom. The summed E-state index contributed by atoms with van der Waals surface area (Å²) in [6.07, 6.45) is 9.60. The number of amides is 7. The van der Waals surface area contributed by atoms with Crippen LogP contribution in [0.3, 0.4) is 0 Å². The minimum atomic E-state index is -3.62. The van der Waals surface area contributed by atoms with Gasteiger partial charge in [0.2, 0.25) is 27.7 Å². The second-order valence-electron chi connectivity index (χ2n) is 15.2. The molecule has 4 aromatic rings. The lowest BCUT2D eigenvalue weighted by Gasteiger charge is -2.27. The molecule has 20 heteroatoms. The van der Waals surface area contributed by atoms with Crippen LogP contribution in [0.25, 0.3) is 11.3 Å². The first-order valence-electron chi connectivity index (χ1n) is 20.7. The van der Waals surface area contributed by atoms with Crippen LogP contribution < -0.4 is 26.6 Å². The molecule has 0 radical (unpaired) electrons. The molecule has 1 fully saturated rings. The number of hydrogen-bond acceptors (Lipinski definition) is 13. The summed E-state index contributed by atoms with van der Waals surface area (Å²) in [5.74, 6) is -3.54. The Hall–Kier alpha value is -6.25. The minimum absolute atomic E-state index is 0.0401. The van der Waals surface area contributed by atoms with E-state index in [1.807, 2.05) is 30.3 Å². The number of nitrogens with one attached hydrogen (secondary N) is 5. The fourth-order valence-electron chi connectivity index (χ4n) is 7.10. The number of piperidine rings is 1. The molecule has 5 N–H and O–H groups in total. The zero-order valence-electron chi connectivity index (χ0n) is 34.7. The van der Waals surface area contributed by atoms with Crippen LogP contribution in [-0.4, -0.2) is 108 Å². The van der Waals surface area contributed by atoms with Crippen LogP contribution >= 0.6 is 11.3 Å². The van der Waals surface area contributed by atoms with Crippen molar-refractivity contribution in [2.75, 3.05) is 43.2 Å². The third kappa shape index (κ3) is 12.4. The zero-order valence-corrected chi connectivity index (χ0v) is 36.4. The summed E-state index contributed by atoms with van der Waals surface area (Å²) in [5.41, 5.74) is 2.60. The summed E-state index contributed by atoms with van der Waals surface area (Å²) in [4.78, 5) is 94.6. The molecular weight excluding hydrogens is 853 g/mol. The van der Waals surface area contributed by atoms with E-state index in [4.69, 9.17) is 4.74 Å². The van der Waals surface area contributed by atoms with Gasteiger partial charge in [-0.2, -0.15) is 0 Å². The van der Waals surface area contributed by atoms with Crippen LogP contribution in [0.4, 0.5) is 10.8 Å². The van der Waals surface area contributed by atoms with Crippen LogP contribution in [0.1, 0.15) is 95.3 Å². The maximum absolute atomic E-state index is 13.3. The number of rotatable bonds is 23. The highest BCUT2D eigenvalue weighted by atomic mass is 32.2. The molecule has 334 valence electrons. The second-order valence-corrected chi connectivity index (χ2v) is 17.9. The first-order chi connectivity index (χ1) is 30.3. The summed E-state index contributed by atoms with van der Waals surface area (Å²) in [7, 11) is -3.62. The third-order valence-corrected chi connectivity index (χ3v) is 12.2. The topological polar surface area (TPSA) is 244 Å². The van der Waals surface area contributed by atoms with E-state index < -0.39 is 57.6 Å². The number of carbonyl (C=O) groups excluding carboxylic acids is 7. The fourth-order valence-corrected chi connectivity index (χ4v) is 8.41. The van der Waals surface area contributed by atoms with Gasteiger partial charge in [0.1, 0.15) is 12.1 Å². The van der Waals surface area contributed by atoms with E-state index in [0.29, 0.717) is 36.0 Å². The first-order valence-corrected chi connectivity index (χ1v) is 23.5. The van der Waals surface area contributed by atoms with Crippen LogP contribution in [-0.2, 0) is 33.9 Å². The highest BCUT2D eigenvalue weighted by Gasteiger charge is 2.45. The molecule has 6 rings (SSSR count). The van der Waals surface area contributed by atoms with Gasteiger partial charge in [-0.25, -0.2) is 13.4 Å². The van der Waals surface area contributed by atoms with Gasteiger partial charge in [0.05, 0.1) is 35.2 Å². The number of carbonyl (C=O) groups is 7. The molecule has 63 heavy (non-hydrogen) atoms. The molecule has 2 aromatic carbocycles. The van der Waals surface area contributed by atoms with Crippen molar-refractivity contribution in [2.45, 2.75) is 76.3 Å². The Kier molecular flexibility index (Phi) is 15.9. The monoisotopic (exact) mass is 902 g/mol. The van der Waals surface area contributed by atoms with Gasteiger partial charge in [0.15, 0.2) is 5.13 Å². The number of ether oxygens (including phenoxy) is 1. The normalized spacial score (nSPS) is 15.4. The van der Waals surface area contributed by atoms with E-state index in [0.717, 1.165) is 65.4 Å². The lowest BCUT2D eigenvalue weighted by Crippen LogP contribution is -2.54.